The maximum absolute atomic E-state index is 6.12. The monoisotopic (exact) mass is 348 g/mol. The molecule has 0 aliphatic carbocycles. The lowest BCUT2D eigenvalue weighted by molar-refractivity contribution is 0.316. The van der Waals surface area contributed by atoms with Gasteiger partial charge < -0.3 is 19.9 Å². The number of hydrogen-bond acceptors (Lipinski definition) is 6. The predicted octanol–water partition coefficient (Wildman–Crippen LogP) is 3.01. The van der Waals surface area contributed by atoms with Crippen LogP contribution in [0, 0.1) is 5.92 Å². The van der Waals surface area contributed by atoms with Crippen LogP contribution >= 0.6 is 11.6 Å². The molecule has 3 heterocycles. The van der Waals surface area contributed by atoms with Crippen LogP contribution in [0.3, 0.4) is 0 Å². The van der Waals surface area contributed by atoms with Crippen molar-refractivity contribution >= 4 is 17.3 Å². The highest BCUT2D eigenvalue weighted by molar-refractivity contribution is 6.33. The fourth-order valence-electron chi connectivity index (χ4n) is 3.95. The van der Waals surface area contributed by atoms with Gasteiger partial charge in [-0.2, -0.15) is 4.98 Å². The molecule has 6 nitrogen and oxygen atoms in total. The summed E-state index contributed by atoms with van der Waals surface area (Å²) in [6.07, 6.45) is 4.75. The molecule has 0 bridgehead atoms. The van der Waals surface area contributed by atoms with E-state index < -0.39 is 0 Å². The standard InChI is InChI=1S/C17H21ClN4O2/c1-23-15-8-14(19)13(18)7-12(15)17-20-16(21-24-17)6-10-5-11-3-2-4-22(11)9-10/h7-8,10-11H,2-6,9,19H2,1H3. The fraction of sp³-hybridized carbons (Fsp3) is 0.529. The van der Waals surface area contributed by atoms with Crippen LogP contribution < -0.4 is 10.5 Å². The van der Waals surface area contributed by atoms with Crippen molar-refractivity contribution in [2.24, 2.45) is 5.92 Å². The number of halogens is 1. The number of rotatable bonds is 4. The molecule has 0 amide bonds. The van der Waals surface area contributed by atoms with E-state index in [1.165, 1.54) is 25.8 Å². The lowest BCUT2D eigenvalue weighted by Crippen LogP contribution is -2.22. The third kappa shape index (κ3) is 2.84. The van der Waals surface area contributed by atoms with Gasteiger partial charge in [0.25, 0.3) is 5.89 Å². The minimum absolute atomic E-state index is 0.419. The van der Waals surface area contributed by atoms with Crippen molar-refractivity contribution in [2.75, 3.05) is 25.9 Å². The van der Waals surface area contributed by atoms with E-state index in [4.69, 9.17) is 26.6 Å². The Bertz CT molecular complexity index is 736. The van der Waals surface area contributed by atoms with Gasteiger partial charge in [0, 0.05) is 25.1 Å². The Morgan fingerprint density at radius 3 is 3.12 bits per heavy atom. The first-order valence-corrected chi connectivity index (χ1v) is 8.72. The van der Waals surface area contributed by atoms with Crippen LogP contribution in [0.25, 0.3) is 11.5 Å². The number of nitrogens with zero attached hydrogens (tertiary/aromatic N) is 3. The molecule has 2 fully saturated rings. The Kier molecular flexibility index (Phi) is 4.10. The summed E-state index contributed by atoms with van der Waals surface area (Å²) in [6.45, 7) is 2.38. The summed E-state index contributed by atoms with van der Waals surface area (Å²) >= 11 is 6.12. The van der Waals surface area contributed by atoms with Gasteiger partial charge in [-0.05, 0) is 37.8 Å². The molecule has 2 saturated heterocycles. The number of ether oxygens (including phenoxy) is 1. The summed E-state index contributed by atoms with van der Waals surface area (Å²) in [5, 5.41) is 4.59. The van der Waals surface area contributed by atoms with E-state index in [2.05, 4.69) is 15.0 Å². The lowest BCUT2D eigenvalue weighted by Gasteiger charge is -2.12. The second-order valence-electron chi connectivity index (χ2n) is 6.69. The first-order valence-electron chi connectivity index (χ1n) is 8.34. The molecule has 0 radical (unpaired) electrons. The summed E-state index contributed by atoms with van der Waals surface area (Å²) in [7, 11) is 1.58. The van der Waals surface area contributed by atoms with Crippen LogP contribution in [0.15, 0.2) is 16.7 Å². The van der Waals surface area contributed by atoms with Gasteiger partial charge in [-0.1, -0.05) is 16.8 Å². The van der Waals surface area contributed by atoms with E-state index in [0.29, 0.717) is 33.8 Å². The molecule has 0 spiro atoms. The second kappa shape index (κ2) is 6.26. The summed E-state index contributed by atoms with van der Waals surface area (Å²) in [4.78, 5) is 7.13. The van der Waals surface area contributed by atoms with E-state index in [1.807, 2.05) is 0 Å². The third-order valence-corrected chi connectivity index (χ3v) is 5.41. The number of nitrogens with two attached hydrogens (primary N) is 1. The molecular weight excluding hydrogens is 328 g/mol. The van der Waals surface area contributed by atoms with Gasteiger partial charge in [-0.25, -0.2) is 0 Å². The van der Waals surface area contributed by atoms with Gasteiger partial charge in [0.15, 0.2) is 5.82 Å². The highest BCUT2D eigenvalue weighted by atomic mass is 35.5. The molecule has 4 rings (SSSR count). The van der Waals surface area contributed by atoms with Gasteiger partial charge >= 0.3 is 0 Å². The van der Waals surface area contributed by atoms with Crippen molar-refractivity contribution in [2.45, 2.75) is 31.7 Å². The molecule has 2 atom stereocenters. The highest BCUT2D eigenvalue weighted by Crippen LogP contribution is 2.36. The molecule has 128 valence electrons. The SMILES string of the molecule is COc1cc(N)c(Cl)cc1-c1nc(CC2CC3CCCN3C2)no1. The highest BCUT2D eigenvalue weighted by Gasteiger charge is 2.35. The quantitative estimate of drug-likeness (QED) is 0.856. The maximum atomic E-state index is 6.12. The van der Waals surface area contributed by atoms with E-state index in [0.717, 1.165) is 24.8 Å². The Morgan fingerprint density at radius 2 is 2.33 bits per heavy atom. The fourth-order valence-corrected chi connectivity index (χ4v) is 4.11. The largest absolute Gasteiger partial charge is 0.496 e. The summed E-state index contributed by atoms with van der Waals surface area (Å²) in [6, 6.07) is 4.14. The normalized spacial score (nSPS) is 23.6. The van der Waals surface area contributed by atoms with Crippen molar-refractivity contribution in [1.29, 1.82) is 0 Å². The van der Waals surface area contributed by atoms with Crippen molar-refractivity contribution in [1.82, 2.24) is 15.0 Å². The first-order chi connectivity index (χ1) is 11.6. The molecule has 1 aromatic heterocycles. The van der Waals surface area contributed by atoms with E-state index in [9.17, 15) is 0 Å². The summed E-state index contributed by atoms with van der Waals surface area (Å²) < 4.78 is 10.8. The van der Waals surface area contributed by atoms with Crippen molar-refractivity contribution in [3.63, 3.8) is 0 Å². The second-order valence-corrected chi connectivity index (χ2v) is 7.09. The average molecular weight is 349 g/mol. The lowest BCUT2D eigenvalue weighted by atomic mass is 10.00. The molecule has 2 aliphatic heterocycles. The first kappa shape index (κ1) is 15.7. The number of hydrogen-bond donors (Lipinski definition) is 1. The van der Waals surface area contributed by atoms with Crippen LogP contribution in [0.2, 0.25) is 5.02 Å². The molecular formula is C17H21ClN4O2. The van der Waals surface area contributed by atoms with E-state index >= 15 is 0 Å². The zero-order valence-corrected chi connectivity index (χ0v) is 14.4. The van der Waals surface area contributed by atoms with Gasteiger partial charge in [-0.15, -0.1) is 0 Å². The van der Waals surface area contributed by atoms with Crippen LogP contribution in [0.5, 0.6) is 5.75 Å². The Hall–Kier alpha value is -1.79. The molecule has 0 saturated carbocycles. The van der Waals surface area contributed by atoms with Crippen LogP contribution in [0.4, 0.5) is 5.69 Å². The molecule has 2 aromatic rings. The minimum atomic E-state index is 0.419. The Labute approximate surface area is 145 Å². The topological polar surface area (TPSA) is 77.4 Å². The molecule has 2 unspecified atom stereocenters. The van der Waals surface area contributed by atoms with Crippen LogP contribution in [-0.4, -0.2) is 41.3 Å². The Balaban J connectivity index is 1.52. The van der Waals surface area contributed by atoms with Gasteiger partial charge in [0.05, 0.1) is 23.4 Å². The predicted molar refractivity (Wildman–Crippen MR) is 92.1 cm³/mol. The van der Waals surface area contributed by atoms with E-state index in [-0.39, 0.29) is 0 Å². The molecule has 2 N–H and O–H groups in total. The van der Waals surface area contributed by atoms with E-state index in [1.54, 1.807) is 19.2 Å². The molecule has 24 heavy (non-hydrogen) atoms. The Morgan fingerprint density at radius 1 is 1.46 bits per heavy atom. The molecule has 2 aliphatic rings. The number of aromatic nitrogens is 2. The summed E-state index contributed by atoms with van der Waals surface area (Å²) in [5.41, 5.74) is 6.95. The van der Waals surface area contributed by atoms with Crippen molar-refractivity contribution in [3.05, 3.63) is 23.0 Å². The van der Waals surface area contributed by atoms with Gasteiger partial charge in [0.1, 0.15) is 5.75 Å². The van der Waals surface area contributed by atoms with Gasteiger partial charge in [0.2, 0.25) is 0 Å². The van der Waals surface area contributed by atoms with Gasteiger partial charge in [-0.3, -0.25) is 0 Å². The number of anilines is 1. The smallest absolute Gasteiger partial charge is 0.261 e. The number of nitrogen functional groups attached to an aromatic ring is 1. The van der Waals surface area contributed by atoms with Crippen LogP contribution in [-0.2, 0) is 6.42 Å². The molecule has 1 aromatic carbocycles. The number of benzene rings is 1. The number of methoxy groups -OCH3 is 1. The average Bonchev–Trinajstić information content (AvgIpc) is 3.26. The van der Waals surface area contributed by atoms with Crippen LogP contribution in [0.1, 0.15) is 25.1 Å². The zero-order valence-electron chi connectivity index (χ0n) is 13.7. The summed E-state index contributed by atoms with van der Waals surface area (Å²) in [5.74, 6) is 2.35. The van der Waals surface area contributed by atoms with Crippen molar-refractivity contribution in [3.8, 4) is 17.2 Å². The van der Waals surface area contributed by atoms with Crippen molar-refractivity contribution < 1.29 is 9.26 Å². The zero-order chi connectivity index (χ0) is 16.7. The minimum Gasteiger partial charge on any atom is -0.496 e. The maximum Gasteiger partial charge on any atom is 0.261 e. The molecule has 7 heteroatoms. The third-order valence-electron chi connectivity index (χ3n) is 5.09. The number of fused-ring (bicyclic) bond motifs is 1.